The molecule has 16 heavy (non-hydrogen) atoms. The average Bonchev–Trinajstić information content (AvgIpc) is 2.33. The van der Waals surface area contributed by atoms with Gasteiger partial charge in [-0.15, -0.1) is 0 Å². The minimum atomic E-state index is 0.749. The molecule has 0 saturated carbocycles. The maximum absolute atomic E-state index is 3.54. The number of aryl methyl sites for hydroxylation is 1. The van der Waals surface area contributed by atoms with E-state index < -0.39 is 0 Å². The van der Waals surface area contributed by atoms with E-state index in [1.165, 1.54) is 30.4 Å². The molecule has 86 valence electrons. The summed E-state index contributed by atoms with van der Waals surface area (Å²) in [4.78, 5) is 0. The number of hydrogen-bond donors (Lipinski definition) is 1. The van der Waals surface area contributed by atoms with Gasteiger partial charge in [0.05, 0.1) is 0 Å². The van der Waals surface area contributed by atoms with Crippen LogP contribution in [0.5, 0.6) is 0 Å². The molecule has 1 atom stereocenters. The Morgan fingerprint density at radius 2 is 2.06 bits per heavy atom. The molecule has 0 spiro atoms. The second kappa shape index (κ2) is 5.86. The topological polar surface area (TPSA) is 12.0 Å². The lowest BCUT2D eigenvalue weighted by atomic mass is 9.96. The van der Waals surface area contributed by atoms with Crippen molar-refractivity contribution in [3.63, 3.8) is 0 Å². The number of benzene rings is 1. The zero-order valence-electron chi connectivity index (χ0n) is 10.1. The smallest absolute Gasteiger partial charge is 0.0205 e. The molecule has 1 aliphatic rings. The summed E-state index contributed by atoms with van der Waals surface area (Å²) in [7, 11) is 0. The molecule has 1 N–H and O–H groups in total. The summed E-state index contributed by atoms with van der Waals surface area (Å²) < 4.78 is 0. The fourth-order valence-corrected chi connectivity index (χ4v) is 2.16. The Bertz CT molecular complexity index is 337. The minimum absolute atomic E-state index is 0.749. The number of hydrogen-bond acceptors (Lipinski definition) is 1. The van der Waals surface area contributed by atoms with Crippen molar-refractivity contribution in [1.29, 1.82) is 0 Å². The zero-order chi connectivity index (χ0) is 11.2. The van der Waals surface area contributed by atoms with Gasteiger partial charge in [0.25, 0.3) is 0 Å². The molecule has 0 amide bonds. The second-order valence-corrected chi connectivity index (χ2v) is 4.74. The van der Waals surface area contributed by atoms with Crippen molar-refractivity contribution in [3.05, 3.63) is 47.5 Å². The normalized spacial score (nSPS) is 19.9. The largest absolute Gasteiger partial charge is 0.312 e. The van der Waals surface area contributed by atoms with Crippen LogP contribution in [0.4, 0.5) is 0 Å². The molecular formula is C15H21N. The van der Waals surface area contributed by atoms with Crippen molar-refractivity contribution in [3.8, 4) is 0 Å². The number of rotatable bonds is 4. The van der Waals surface area contributed by atoms with Gasteiger partial charge in [0.1, 0.15) is 0 Å². The first-order valence-corrected chi connectivity index (χ1v) is 6.27. The summed E-state index contributed by atoms with van der Waals surface area (Å²) in [6.07, 6.45) is 8.66. The Morgan fingerprint density at radius 1 is 1.25 bits per heavy atom. The van der Waals surface area contributed by atoms with Gasteiger partial charge in [-0.25, -0.2) is 0 Å². The third-order valence-corrected chi connectivity index (χ3v) is 3.21. The summed E-state index contributed by atoms with van der Waals surface area (Å²) in [6.45, 7) is 4.24. The van der Waals surface area contributed by atoms with Gasteiger partial charge in [-0.1, -0.05) is 42.0 Å². The van der Waals surface area contributed by atoms with Crippen molar-refractivity contribution >= 4 is 0 Å². The van der Waals surface area contributed by atoms with E-state index in [0.717, 1.165) is 19.0 Å². The van der Waals surface area contributed by atoms with Crippen LogP contribution >= 0.6 is 0 Å². The second-order valence-electron chi connectivity index (χ2n) is 4.74. The third kappa shape index (κ3) is 3.49. The molecule has 0 aliphatic heterocycles. The van der Waals surface area contributed by atoms with Crippen LogP contribution < -0.4 is 5.32 Å². The number of allylic oxidation sites excluding steroid dienone is 1. The Morgan fingerprint density at radius 3 is 2.75 bits per heavy atom. The van der Waals surface area contributed by atoms with Crippen LogP contribution in [0.2, 0.25) is 0 Å². The highest BCUT2D eigenvalue weighted by Crippen LogP contribution is 2.16. The molecular weight excluding hydrogens is 194 g/mol. The fraction of sp³-hybridized carbons (Fsp3) is 0.467. The Hall–Kier alpha value is -1.08. The average molecular weight is 215 g/mol. The third-order valence-electron chi connectivity index (χ3n) is 3.21. The van der Waals surface area contributed by atoms with Crippen molar-refractivity contribution in [2.45, 2.75) is 32.7 Å². The predicted octanol–water partition coefficient (Wildman–Crippen LogP) is 3.44. The fourth-order valence-electron chi connectivity index (χ4n) is 2.16. The van der Waals surface area contributed by atoms with E-state index in [2.05, 4.69) is 48.7 Å². The quantitative estimate of drug-likeness (QED) is 0.759. The monoisotopic (exact) mass is 215 g/mol. The van der Waals surface area contributed by atoms with Crippen LogP contribution in [0, 0.1) is 12.8 Å². The van der Waals surface area contributed by atoms with Crippen LogP contribution in [0.1, 0.15) is 30.4 Å². The Kier molecular flexibility index (Phi) is 4.17. The van der Waals surface area contributed by atoms with Crippen molar-refractivity contribution in [2.24, 2.45) is 5.92 Å². The van der Waals surface area contributed by atoms with Gasteiger partial charge in [0.15, 0.2) is 0 Å². The lowest BCUT2D eigenvalue weighted by molar-refractivity contribution is 0.493. The lowest BCUT2D eigenvalue weighted by Crippen LogP contribution is -2.22. The van der Waals surface area contributed by atoms with Gasteiger partial charge in [0.2, 0.25) is 0 Å². The van der Waals surface area contributed by atoms with E-state index in [4.69, 9.17) is 0 Å². The lowest BCUT2D eigenvalue weighted by Gasteiger charge is -2.16. The van der Waals surface area contributed by atoms with Gasteiger partial charge >= 0.3 is 0 Å². The molecule has 0 heterocycles. The van der Waals surface area contributed by atoms with E-state index in [9.17, 15) is 0 Å². The number of nitrogens with one attached hydrogen (secondary N) is 1. The molecule has 0 bridgehead atoms. The highest BCUT2D eigenvalue weighted by Gasteiger charge is 2.07. The van der Waals surface area contributed by atoms with Gasteiger partial charge in [-0.3, -0.25) is 0 Å². The first kappa shape index (κ1) is 11.4. The summed E-state index contributed by atoms with van der Waals surface area (Å²) >= 11 is 0. The van der Waals surface area contributed by atoms with Crippen LogP contribution in [0.15, 0.2) is 36.4 Å². The van der Waals surface area contributed by atoms with Crippen molar-refractivity contribution < 1.29 is 0 Å². The summed E-state index contributed by atoms with van der Waals surface area (Å²) in [6, 6.07) is 8.77. The van der Waals surface area contributed by atoms with E-state index in [0.29, 0.717) is 0 Å². The van der Waals surface area contributed by atoms with Gasteiger partial charge in [-0.2, -0.15) is 0 Å². The molecule has 0 unspecified atom stereocenters. The van der Waals surface area contributed by atoms with E-state index in [1.807, 2.05) is 0 Å². The molecule has 2 rings (SSSR count). The molecule has 0 saturated heterocycles. The van der Waals surface area contributed by atoms with Gasteiger partial charge < -0.3 is 5.32 Å². The standard InChI is InChI=1S/C15H21N/c1-13-7-9-15(10-8-13)12-16-11-14-5-3-2-4-6-14/h3,5,7-10,14,16H,2,4,6,11-12H2,1H3/t14-/m0/s1. The van der Waals surface area contributed by atoms with Crippen LogP contribution in [-0.4, -0.2) is 6.54 Å². The predicted molar refractivity (Wildman–Crippen MR) is 69.4 cm³/mol. The molecule has 0 fully saturated rings. The molecule has 1 aromatic carbocycles. The Balaban J connectivity index is 1.73. The van der Waals surface area contributed by atoms with Crippen LogP contribution in [-0.2, 0) is 6.54 Å². The highest BCUT2D eigenvalue weighted by molar-refractivity contribution is 5.21. The SMILES string of the molecule is Cc1ccc(CNC[C@H]2C=CCCC2)cc1. The molecule has 1 heteroatoms. The van der Waals surface area contributed by atoms with E-state index >= 15 is 0 Å². The molecule has 1 aromatic rings. The maximum atomic E-state index is 3.54. The summed E-state index contributed by atoms with van der Waals surface area (Å²) in [5, 5.41) is 3.54. The van der Waals surface area contributed by atoms with Crippen molar-refractivity contribution in [2.75, 3.05) is 6.54 Å². The summed E-state index contributed by atoms with van der Waals surface area (Å²) in [5.74, 6) is 0.749. The van der Waals surface area contributed by atoms with Crippen molar-refractivity contribution in [1.82, 2.24) is 5.32 Å². The first-order valence-electron chi connectivity index (χ1n) is 6.27. The molecule has 0 aromatic heterocycles. The minimum Gasteiger partial charge on any atom is -0.312 e. The first-order chi connectivity index (χ1) is 7.84. The Labute approximate surface area is 98.6 Å². The zero-order valence-corrected chi connectivity index (χ0v) is 10.1. The highest BCUT2D eigenvalue weighted by atomic mass is 14.9. The molecule has 1 nitrogen and oxygen atoms in total. The summed E-state index contributed by atoms with van der Waals surface area (Å²) in [5.41, 5.74) is 2.71. The molecule has 1 aliphatic carbocycles. The van der Waals surface area contributed by atoms with E-state index in [1.54, 1.807) is 0 Å². The van der Waals surface area contributed by atoms with Gasteiger partial charge in [0, 0.05) is 13.1 Å². The van der Waals surface area contributed by atoms with Crippen LogP contribution in [0.3, 0.4) is 0 Å². The van der Waals surface area contributed by atoms with Crippen LogP contribution in [0.25, 0.3) is 0 Å². The molecule has 0 radical (unpaired) electrons. The van der Waals surface area contributed by atoms with E-state index in [-0.39, 0.29) is 0 Å². The van der Waals surface area contributed by atoms with Gasteiger partial charge in [-0.05, 0) is 37.7 Å². The maximum Gasteiger partial charge on any atom is 0.0205 e.